The molecule has 0 saturated carbocycles. The van der Waals surface area contributed by atoms with Crippen molar-refractivity contribution in [2.75, 3.05) is 6.54 Å². The number of hydrogen-bond donors (Lipinski definition) is 1. The van der Waals surface area contributed by atoms with Gasteiger partial charge in [-0.15, -0.1) is 0 Å². The Labute approximate surface area is 157 Å². The number of hydrogen-bond acceptors (Lipinski definition) is 5. The summed E-state index contributed by atoms with van der Waals surface area (Å²) < 4.78 is 1.71. The maximum absolute atomic E-state index is 12.9. The van der Waals surface area contributed by atoms with Crippen LogP contribution in [0.4, 0.5) is 0 Å². The van der Waals surface area contributed by atoms with Gasteiger partial charge in [-0.25, -0.2) is 4.98 Å². The number of rotatable bonds is 5. The van der Waals surface area contributed by atoms with Gasteiger partial charge in [0.05, 0.1) is 6.04 Å². The lowest BCUT2D eigenvalue weighted by Crippen LogP contribution is -2.39. The van der Waals surface area contributed by atoms with Crippen molar-refractivity contribution in [3.05, 3.63) is 31.9 Å². The zero-order chi connectivity index (χ0) is 18.8. The Morgan fingerprint density at radius 3 is 2.73 bits per heavy atom. The molecule has 26 heavy (non-hydrogen) atoms. The molecule has 142 valence electrons. The molecule has 0 bridgehead atoms. The quantitative estimate of drug-likeness (QED) is 0.868. The Hall–Kier alpha value is -1.96. The Kier molecular flexibility index (Phi) is 5.60. The summed E-state index contributed by atoms with van der Waals surface area (Å²) in [4.78, 5) is 32.5. The minimum atomic E-state index is -0.0433. The molecule has 1 aliphatic rings. The Bertz CT molecular complexity index is 835. The second kappa shape index (κ2) is 7.73. The van der Waals surface area contributed by atoms with Gasteiger partial charge in [0, 0.05) is 36.0 Å². The third-order valence-corrected chi connectivity index (χ3v) is 6.10. The van der Waals surface area contributed by atoms with Gasteiger partial charge >= 0.3 is 4.87 Å². The second-order valence-corrected chi connectivity index (χ2v) is 8.41. The highest BCUT2D eigenvalue weighted by atomic mass is 32.1. The molecule has 2 aromatic heterocycles. The molecule has 1 N–H and O–H groups in total. The molecule has 1 unspecified atom stereocenters. The van der Waals surface area contributed by atoms with Gasteiger partial charge in [0.2, 0.25) is 5.91 Å². The summed E-state index contributed by atoms with van der Waals surface area (Å²) in [6, 6.07) is -0.0433. The number of amides is 1. The number of carbonyl (C=O) groups excluding carboxylic acids is 1. The third-order valence-electron chi connectivity index (χ3n) is 5.10. The van der Waals surface area contributed by atoms with Crippen molar-refractivity contribution in [2.24, 2.45) is 0 Å². The van der Waals surface area contributed by atoms with Gasteiger partial charge in [0.25, 0.3) is 0 Å². The summed E-state index contributed by atoms with van der Waals surface area (Å²) in [5.41, 5.74) is 0.958. The molecular weight excluding hydrogens is 350 g/mol. The van der Waals surface area contributed by atoms with E-state index in [1.807, 2.05) is 18.7 Å². The fraction of sp³-hybridized carbons (Fsp3) is 0.667. The Balaban J connectivity index is 1.72. The highest BCUT2D eigenvalue weighted by molar-refractivity contribution is 7.09. The first-order valence-corrected chi connectivity index (χ1v) is 10.1. The highest BCUT2D eigenvalue weighted by Crippen LogP contribution is 2.30. The van der Waals surface area contributed by atoms with Crippen molar-refractivity contribution in [3.8, 4) is 0 Å². The lowest BCUT2D eigenvalue weighted by atomic mass is 10.0. The monoisotopic (exact) mass is 377 g/mol. The average Bonchev–Trinajstić information content (AvgIpc) is 3.19. The van der Waals surface area contributed by atoms with Crippen LogP contribution in [-0.2, 0) is 11.3 Å². The topological polar surface area (TPSA) is 83.9 Å². The van der Waals surface area contributed by atoms with Gasteiger partial charge in [-0.1, -0.05) is 25.2 Å². The van der Waals surface area contributed by atoms with E-state index in [-0.39, 0.29) is 22.7 Å². The standard InChI is InChI=1S/C18H27N5O2S/c1-11(2)16-19-17(21-20-16)14-7-5-6-9-23(14)15(24)8-10-22-12(3)13(4)26-18(22)25/h11,14H,5-10H2,1-4H3,(H,19,20,21). The van der Waals surface area contributed by atoms with E-state index >= 15 is 0 Å². The number of carbonyl (C=O) groups is 1. The molecule has 1 atom stereocenters. The van der Waals surface area contributed by atoms with Crippen molar-refractivity contribution in [1.82, 2.24) is 24.6 Å². The Morgan fingerprint density at radius 2 is 2.12 bits per heavy atom. The largest absolute Gasteiger partial charge is 0.332 e. The van der Waals surface area contributed by atoms with E-state index in [4.69, 9.17) is 0 Å². The van der Waals surface area contributed by atoms with Crippen LogP contribution in [0.25, 0.3) is 0 Å². The van der Waals surface area contributed by atoms with Crippen LogP contribution in [0.2, 0.25) is 0 Å². The molecule has 1 fully saturated rings. The number of thiazole rings is 1. The van der Waals surface area contributed by atoms with Gasteiger partial charge in [0.15, 0.2) is 5.82 Å². The maximum Gasteiger partial charge on any atom is 0.307 e. The van der Waals surface area contributed by atoms with Gasteiger partial charge in [-0.05, 0) is 33.1 Å². The molecule has 3 rings (SSSR count). The molecule has 3 heterocycles. The normalized spacial score (nSPS) is 17.9. The minimum absolute atomic E-state index is 0.0137. The third kappa shape index (κ3) is 3.75. The van der Waals surface area contributed by atoms with Crippen LogP contribution in [0, 0.1) is 13.8 Å². The first-order valence-electron chi connectivity index (χ1n) is 9.27. The zero-order valence-corrected chi connectivity index (χ0v) is 16.7. The Morgan fingerprint density at radius 1 is 1.35 bits per heavy atom. The molecule has 2 aromatic rings. The molecular formula is C18H27N5O2S. The predicted molar refractivity (Wildman–Crippen MR) is 101 cm³/mol. The summed E-state index contributed by atoms with van der Waals surface area (Å²) in [5, 5.41) is 7.31. The fourth-order valence-electron chi connectivity index (χ4n) is 3.41. The van der Waals surface area contributed by atoms with Crippen molar-refractivity contribution in [1.29, 1.82) is 0 Å². The summed E-state index contributed by atoms with van der Waals surface area (Å²) in [6.45, 7) is 9.15. The van der Waals surface area contributed by atoms with E-state index in [9.17, 15) is 9.59 Å². The van der Waals surface area contributed by atoms with Gasteiger partial charge in [0.1, 0.15) is 5.82 Å². The molecule has 1 aliphatic heterocycles. The van der Waals surface area contributed by atoms with Crippen molar-refractivity contribution in [2.45, 2.75) is 71.9 Å². The number of nitrogens with zero attached hydrogens (tertiary/aromatic N) is 4. The first kappa shape index (κ1) is 18.8. The van der Waals surface area contributed by atoms with E-state index in [0.717, 1.165) is 48.0 Å². The number of likely N-dealkylation sites (tertiary alicyclic amines) is 1. The van der Waals surface area contributed by atoms with Crippen LogP contribution in [0.15, 0.2) is 4.79 Å². The van der Waals surface area contributed by atoms with Crippen LogP contribution in [0.1, 0.15) is 73.7 Å². The maximum atomic E-state index is 12.9. The van der Waals surface area contributed by atoms with E-state index in [0.29, 0.717) is 13.0 Å². The SMILES string of the molecule is Cc1sc(=O)n(CCC(=O)N2CCCCC2c2nc(C(C)C)n[nH]2)c1C. The smallest absolute Gasteiger partial charge is 0.307 e. The predicted octanol–water partition coefficient (Wildman–Crippen LogP) is 2.91. The number of piperidine rings is 1. The number of aryl methyl sites for hydroxylation is 1. The van der Waals surface area contributed by atoms with Crippen LogP contribution >= 0.6 is 11.3 Å². The van der Waals surface area contributed by atoms with Crippen molar-refractivity contribution < 1.29 is 4.79 Å². The molecule has 1 saturated heterocycles. The van der Waals surface area contributed by atoms with E-state index in [2.05, 4.69) is 29.0 Å². The van der Waals surface area contributed by atoms with Gasteiger partial charge in [-0.3, -0.25) is 14.7 Å². The molecule has 7 nitrogen and oxygen atoms in total. The lowest BCUT2D eigenvalue weighted by Gasteiger charge is -2.34. The van der Waals surface area contributed by atoms with E-state index in [1.54, 1.807) is 4.57 Å². The first-order chi connectivity index (χ1) is 12.4. The van der Waals surface area contributed by atoms with Gasteiger partial charge in [-0.2, -0.15) is 5.10 Å². The number of aromatic amines is 1. The van der Waals surface area contributed by atoms with E-state index < -0.39 is 0 Å². The summed E-state index contributed by atoms with van der Waals surface area (Å²) in [6.07, 6.45) is 3.31. The van der Waals surface area contributed by atoms with Gasteiger partial charge < -0.3 is 9.47 Å². The number of aromatic nitrogens is 4. The summed E-state index contributed by atoms with van der Waals surface area (Å²) >= 11 is 1.25. The minimum Gasteiger partial charge on any atom is -0.332 e. The molecule has 8 heteroatoms. The fourth-order valence-corrected chi connectivity index (χ4v) is 4.26. The lowest BCUT2D eigenvalue weighted by molar-refractivity contribution is -0.135. The highest BCUT2D eigenvalue weighted by Gasteiger charge is 2.30. The summed E-state index contributed by atoms with van der Waals surface area (Å²) in [7, 11) is 0. The van der Waals surface area contributed by atoms with Crippen LogP contribution in [0.5, 0.6) is 0 Å². The number of nitrogens with one attached hydrogen (secondary N) is 1. The second-order valence-electron chi connectivity index (χ2n) is 7.24. The zero-order valence-electron chi connectivity index (χ0n) is 15.9. The van der Waals surface area contributed by atoms with Crippen molar-refractivity contribution >= 4 is 17.2 Å². The molecule has 1 amide bonds. The molecule has 0 radical (unpaired) electrons. The molecule has 0 spiro atoms. The molecule has 0 aliphatic carbocycles. The average molecular weight is 378 g/mol. The van der Waals surface area contributed by atoms with Crippen LogP contribution in [-0.4, -0.2) is 37.1 Å². The summed E-state index contributed by atoms with van der Waals surface area (Å²) in [5.74, 6) is 1.90. The van der Waals surface area contributed by atoms with Crippen LogP contribution in [0.3, 0.4) is 0 Å². The van der Waals surface area contributed by atoms with Crippen molar-refractivity contribution in [3.63, 3.8) is 0 Å². The van der Waals surface area contributed by atoms with E-state index in [1.165, 1.54) is 11.3 Å². The molecule has 0 aromatic carbocycles. The van der Waals surface area contributed by atoms with Crippen LogP contribution < -0.4 is 4.87 Å². The number of H-pyrrole nitrogens is 1.